The first-order chi connectivity index (χ1) is 9.20. The minimum absolute atomic E-state index is 0.771. The van der Waals surface area contributed by atoms with Crippen LogP contribution in [0.4, 0.5) is 0 Å². The Bertz CT molecular complexity index is 383. The van der Waals surface area contributed by atoms with Crippen molar-refractivity contribution in [2.75, 3.05) is 27.2 Å². The van der Waals surface area contributed by atoms with Gasteiger partial charge in [-0.2, -0.15) is 0 Å². The summed E-state index contributed by atoms with van der Waals surface area (Å²) in [6.07, 6.45) is 6.31. The van der Waals surface area contributed by atoms with Crippen molar-refractivity contribution in [1.29, 1.82) is 0 Å². The number of hydrogen-bond acceptors (Lipinski definition) is 4. The number of rotatable bonds is 9. The number of hydrogen-bond donors (Lipinski definition) is 1. The lowest BCUT2D eigenvalue weighted by Gasteiger charge is -2.06. The summed E-state index contributed by atoms with van der Waals surface area (Å²) in [4.78, 5) is 8.62. The van der Waals surface area contributed by atoms with Gasteiger partial charge in [0.2, 0.25) is 0 Å². The van der Waals surface area contributed by atoms with E-state index in [0.717, 1.165) is 32.0 Å². The van der Waals surface area contributed by atoms with Crippen molar-refractivity contribution >= 4 is 11.3 Å². The van der Waals surface area contributed by atoms with Crippen LogP contribution in [-0.4, -0.2) is 37.1 Å². The van der Waals surface area contributed by atoms with Gasteiger partial charge in [0.25, 0.3) is 0 Å². The molecule has 0 saturated heterocycles. The van der Waals surface area contributed by atoms with E-state index in [2.05, 4.69) is 31.2 Å². The maximum atomic E-state index is 4.89. The van der Waals surface area contributed by atoms with E-state index < -0.39 is 0 Å². The summed E-state index contributed by atoms with van der Waals surface area (Å²) in [5.74, 6) is 0.771. The van der Waals surface area contributed by atoms with Crippen LogP contribution in [0.15, 0.2) is 0 Å². The summed E-state index contributed by atoms with van der Waals surface area (Å²) in [6, 6.07) is 0. The van der Waals surface area contributed by atoms with Crippen molar-refractivity contribution in [1.82, 2.24) is 15.2 Å². The second kappa shape index (κ2) is 7.36. The van der Waals surface area contributed by atoms with Gasteiger partial charge in [-0.15, -0.1) is 11.3 Å². The topological polar surface area (TPSA) is 28.2 Å². The maximum absolute atomic E-state index is 4.89. The fraction of sp³-hybridized carbons (Fsp3) is 0.800. The van der Waals surface area contributed by atoms with Crippen molar-refractivity contribution in [3.8, 4) is 0 Å². The molecule has 0 unspecified atom stereocenters. The molecule has 4 heteroatoms. The van der Waals surface area contributed by atoms with Gasteiger partial charge >= 0.3 is 0 Å². The van der Waals surface area contributed by atoms with Crippen LogP contribution in [0.25, 0.3) is 0 Å². The first-order valence-electron chi connectivity index (χ1n) is 7.54. The molecule has 0 atom stereocenters. The first-order valence-corrected chi connectivity index (χ1v) is 8.36. The van der Waals surface area contributed by atoms with Gasteiger partial charge in [-0.1, -0.05) is 13.3 Å². The van der Waals surface area contributed by atoms with Crippen LogP contribution in [0.2, 0.25) is 0 Å². The maximum Gasteiger partial charge on any atom is 0.0944 e. The Kier molecular flexibility index (Phi) is 5.79. The monoisotopic (exact) mass is 281 g/mol. The van der Waals surface area contributed by atoms with Crippen molar-refractivity contribution in [2.45, 2.75) is 51.5 Å². The Morgan fingerprint density at radius 2 is 2.16 bits per heavy atom. The highest BCUT2D eigenvalue weighted by Crippen LogP contribution is 2.42. The Labute approximate surface area is 121 Å². The zero-order chi connectivity index (χ0) is 13.7. The lowest BCUT2D eigenvalue weighted by atomic mass is 10.2. The molecule has 0 amide bonds. The van der Waals surface area contributed by atoms with E-state index in [4.69, 9.17) is 4.98 Å². The van der Waals surface area contributed by atoms with E-state index in [1.807, 2.05) is 11.3 Å². The summed E-state index contributed by atoms with van der Waals surface area (Å²) in [7, 11) is 4.26. The Morgan fingerprint density at radius 3 is 2.79 bits per heavy atom. The van der Waals surface area contributed by atoms with Gasteiger partial charge in [0.05, 0.1) is 10.7 Å². The third kappa shape index (κ3) is 4.86. The van der Waals surface area contributed by atoms with Crippen LogP contribution in [0.5, 0.6) is 0 Å². The van der Waals surface area contributed by atoms with Crippen LogP contribution in [0, 0.1) is 0 Å². The lowest BCUT2D eigenvalue weighted by molar-refractivity contribution is 0.413. The summed E-state index contributed by atoms with van der Waals surface area (Å²) in [5.41, 5.74) is 1.41. The van der Waals surface area contributed by atoms with E-state index in [9.17, 15) is 0 Å². The molecule has 1 aromatic rings. The fourth-order valence-corrected chi connectivity index (χ4v) is 3.26. The predicted octanol–water partition coefficient (Wildman–Crippen LogP) is 3.01. The molecule has 1 aliphatic carbocycles. The molecule has 108 valence electrons. The minimum atomic E-state index is 0.771. The number of nitrogens with one attached hydrogen (secondary N) is 1. The molecule has 3 nitrogen and oxygen atoms in total. The van der Waals surface area contributed by atoms with Gasteiger partial charge < -0.3 is 10.2 Å². The molecule has 1 heterocycles. The molecule has 0 radical (unpaired) electrons. The molecule has 1 aromatic heterocycles. The van der Waals surface area contributed by atoms with Gasteiger partial charge in [0.15, 0.2) is 0 Å². The summed E-state index contributed by atoms with van der Waals surface area (Å²) in [5, 5.41) is 4.89. The lowest BCUT2D eigenvalue weighted by Crippen LogP contribution is -2.14. The number of likely N-dealkylation sites (N-methyl/N-ethyl adjacent to an activating group) is 1. The minimum Gasteiger partial charge on any atom is -0.312 e. The molecular weight excluding hydrogens is 254 g/mol. The number of aromatic nitrogens is 1. The standard InChI is InChI=1S/C15H27N3S/c1-4-5-9-16-11-13-15(12-6-7-12)17-14(19-13)8-10-18(2)3/h12,16H,4-11H2,1-3H3. The van der Waals surface area contributed by atoms with Gasteiger partial charge in [0.1, 0.15) is 0 Å². The Balaban J connectivity index is 1.91. The number of thiazole rings is 1. The molecule has 1 N–H and O–H groups in total. The summed E-state index contributed by atoms with van der Waals surface area (Å²) in [6.45, 7) is 5.49. The van der Waals surface area contributed by atoms with Gasteiger partial charge in [-0.3, -0.25) is 0 Å². The van der Waals surface area contributed by atoms with Crippen molar-refractivity contribution in [2.24, 2.45) is 0 Å². The van der Waals surface area contributed by atoms with E-state index in [1.165, 1.54) is 41.3 Å². The summed E-state index contributed by atoms with van der Waals surface area (Å²) >= 11 is 1.93. The summed E-state index contributed by atoms with van der Waals surface area (Å²) < 4.78 is 0. The average Bonchev–Trinajstić information content (AvgIpc) is 3.14. The fourth-order valence-electron chi connectivity index (χ4n) is 2.15. The van der Waals surface area contributed by atoms with Crippen LogP contribution >= 0.6 is 11.3 Å². The third-order valence-corrected chi connectivity index (χ3v) is 4.63. The van der Waals surface area contributed by atoms with Crippen molar-refractivity contribution in [3.63, 3.8) is 0 Å². The normalized spacial score (nSPS) is 15.4. The van der Waals surface area contributed by atoms with Gasteiger partial charge in [-0.05, 0) is 39.9 Å². The van der Waals surface area contributed by atoms with E-state index in [-0.39, 0.29) is 0 Å². The highest BCUT2D eigenvalue weighted by molar-refractivity contribution is 7.11. The molecule has 0 spiro atoms. The van der Waals surface area contributed by atoms with Crippen LogP contribution in [0.1, 0.15) is 54.1 Å². The molecule has 2 rings (SSSR count). The highest BCUT2D eigenvalue weighted by Gasteiger charge is 2.29. The quantitative estimate of drug-likeness (QED) is 0.705. The smallest absolute Gasteiger partial charge is 0.0944 e. The Hall–Kier alpha value is -0.450. The van der Waals surface area contributed by atoms with Crippen molar-refractivity contribution < 1.29 is 0 Å². The molecule has 1 fully saturated rings. The Morgan fingerprint density at radius 1 is 1.37 bits per heavy atom. The van der Waals surface area contributed by atoms with E-state index >= 15 is 0 Å². The third-order valence-electron chi connectivity index (χ3n) is 3.50. The van der Waals surface area contributed by atoms with Gasteiger partial charge in [0, 0.05) is 30.3 Å². The SMILES string of the molecule is CCCCNCc1sc(CCN(C)C)nc1C1CC1. The van der Waals surface area contributed by atoms with Crippen LogP contribution in [-0.2, 0) is 13.0 Å². The van der Waals surface area contributed by atoms with Crippen LogP contribution < -0.4 is 5.32 Å². The first kappa shape index (κ1) is 14.9. The highest BCUT2D eigenvalue weighted by atomic mass is 32.1. The molecule has 0 aromatic carbocycles. The van der Waals surface area contributed by atoms with Gasteiger partial charge in [-0.25, -0.2) is 4.98 Å². The second-order valence-corrected chi connectivity index (χ2v) is 6.94. The zero-order valence-electron chi connectivity index (χ0n) is 12.5. The zero-order valence-corrected chi connectivity index (χ0v) is 13.4. The molecule has 19 heavy (non-hydrogen) atoms. The van der Waals surface area contributed by atoms with Crippen LogP contribution in [0.3, 0.4) is 0 Å². The number of unbranched alkanes of at least 4 members (excludes halogenated alkanes) is 1. The predicted molar refractivity (Wildman–Crippen MR) is 83.0 cm³/mol. The molecule has 1 aliphatic rings. The molecule has 0 bridgehead atoms. The largest absolute Gasteiger partial charge is 0.312 e. The molecular formula is C15H27N3S. The molecule has 0 aliphatic heterocycles. The van der Waals surface area contributed by atoms with Crippen molar-refractivity contribution in [3.05, 3.63) is 15.6 Å². The molecule has 1 saturated carbocycles. The van der Waals surface area contributed by atoms with E-state index in [0.29, 0.717) is 0 Å². The van der Waals surface area contributed by atoms with E-state index in [1.54, 1.807) is 0 Å². The number of nitrogens with zero attached hydrogens (tertiary/aromatic N) is 2. The second-order valence-electron chi connectivity index (χ2n) is 5.77. The average molecular weight is 281 g/mol.